The van der Waals surface area contributed by atoms with E-state index in [2.05, 4.69) is 15.4 Å². The lowest BCUT2D eigenvalue weighted by molar-refractivity contribution is 0.0941. The molecule has 0 saturated heterocycles. The predicted octanol–water partition coefficient (Wildman–Crippen LogP) is 3.17. The van der Waals surface area contributed by atoms with Gasteiger partial charge in [-0.3, -0.25) is 14.2 Å². The van der Waals surface area contributed by atoms with Crippen molar-refractivity contribution in [3.63, 3.8) is 0 Å². The Morgan fingerprint density at radius 3 is 2.60 bits per heavy atom. The zero-order chi connectivity index (χ0) is 24.7. The molecule has 176 valence electrons. The number of nitrogen functional groups attached to an aromatic ring is 1. The van der Waals surface area contributed by atoms with Crippen LogP contribution in [0.5, 0.6) is 0 Å². The van der Waals surface area contributed by atoms with E-state index in [4.69, 9.17) is 5.73 Å². The number of nitrogens with two attached hydrogens (primary N) is 1. The van der Waals surface area contributed by atoms with Gasteiger partial charge in [0.1, 0.15) is 5.56 Å². The van der Waals surface area contributed by atoms with Crippen LogP contribution in [-0.2, 0) is 0 Å². The number of carbonyl (C=O) groups is 1. The number of rotatable bonds is 5. The topological polar surface area (TPSA) is 111 Å². The summed E-state index contributed by atoms with van der Waals surface area (Å²) in [5.74, 6) is -0.333. The van der Waals surface area contributed by atoms with Crippen LogP contribution in [0.2, 0.25) is 0 Å². The van der Waals surface area contributed by atoms with Crippen molar-refractivity contribution in [2.75, 3.05) is 24.7 Å². The minimum Gasteiger partial charge on any atom is -0.381 e. The average Bonchev–Trinajstić information content (AvgIpc) is 3.19. The first kappa shape index (κ1) is 22.1. The van der Waals surface area contributed by atoms with Crippen molar-refractivity contribution in [3.05, 3.63) is 94.7 Å². The zero-order valence-corrected chi connectivity index (χ0v) is 19.6. The molecule has 35 heavy (non-hydrogen) atoms. The molecule has 0 bridgehead atoms. The molecule has 1 unspecified atom stereocenters. The van der Waals surface area contributed by atoms with Crippen molar-refractivity contribution >= 4 is 33.8 Å². The molecule has 0 aliphatic rings. The number of pyridine rings is 1. The first-order chi connectivity index (χ1) is 16.9. The predicted molar refractivity (Wildman–Crippen MR) is 137 cm³/mol. The van der Waals surface area contributed by atoms with Gasteiger partial charge in [0.05, 0.1) is 11.4 Å². The maximum Gasteiger partial charge on any atom is 0.265 e. The number of fused-ring (bicyclic) bond motifs is 2. The lowest BCUT2D eigenvalue weighted by atomic mass is 10.1. The van der Waals surface area contributed by atoms with Crippen molar-refractivity contribution in [2.24, 2.45) is 0 Å². The van der Waals surface area contributed by atoms with E-state index in [0.717, 1.165) is 11.1 Å². The number of aromatic nitrogens is 4. The third kappa shape index (κ3) is 3.76. The molecule has 2 aromatic carbocycles. The van der Waals surface area contributed by atoms with Gasteiger partial charge in [-0.1, -0.05) is 30.3 Å². The molecule has 5 aromatic rings. The molecule has 5 rings (SSSR count). The molecule has 0 aliphatic heterocycles. The number of hydrogen-bond donors (Lipinski definition) is 2. The fourth-order valence-corrected chi connectivity index (χ4v) is 4.36. The van der Waals surface area contributed by atoms with Gasteiger partial charge in [0.25, 0.3) is 11.5 Å². The molecule has 1 atom stereocenters. The molecule has 0 fully saturated rings. The number of para-hydroxylation sites is 1. The van der Waals surface area contributed by atoms with Crippen molar-refractivity contribution in [1.29, 1.82) is 0 Å². The summed E-state index contributed by atoms with van der Waals surface area (Å²) < 4.78 is 3.12. The third-order valence-electron chi connectivity index (χ3n) is 5.99. The van der Waals surface area contributed by atoms with Crippen LogP contribution >= 0.6 is 0 Å². The van der Waals surface area contributed by atoms with Crippen LogP contribution in [0.25, 0.3) is 22.1 Å². The molecule has 9 heteroatoms. The highest BCUT2D eigenvalue weighted by molar-refractivity contribution is 6.04. The number of anilines is 2. The summed E-state index contributed by atoms with van der Waals surface area (Å²) in [6.45, 7) is 1.84. The third-order valence-corrected chi connectivity index (χ3v) is 5.99. The fourth-order valence-electron chi connectivity index (χ4n) is 4.36. The van der Waals surface area contributed by atoms with Crippen molar-refractivity contribution in [2.45, 2.75) is 13.0 Å². The van der Waals surface area contributed by atoms with Gasteiger partial charge in [-0.05, 0) is 42.6 Å². The summed E-state index contributed by atoms with van der Waals surface area (Å²) >= 11 is 0. The molecule has 0 aliphatic carbocycles. The average molecular weight is 468 g/mol. The Kier molecular flexibility index (Phi) is 5.44. The van der Waals surface area contributed by atoms with E-state index in [1.165, 1.54) is 4.52 Å². The number of nitrogens with zero attached hydrogens (tertiary/aromatic N) is 5. The first-order valence-electron chi connectivity index (χ1n) is 11.2. The number of benzene rings is 2. The monoisotopic (exact) mass is 467 g/mol. The van der Waals surface area contributed by atoms with Crippen LogP contribution in [0, 0.1) is 0 Å². The lowest BCUT2D eigenvalue weighted by Gasteiger charge is -2.22. The summed E-state index contributed by atoms with van der Waals surface area (Å²) in [5.41, 5.74) is 8.61. The highest BCUT2D eigenvalue weighted by Crippen LogP contribution is 2.27. The van der Waals surface area contributed by atoms with E-state index in [1.54, 1.807) is 23.0 Å². The van der Waals surface area contributed by atoms with Crippen molar-refractivity contribution in [3.8, 4) is 5.69 Å². The second-order valence-electron chi connectivity index (χ2n) is 8.52. The number of amides is 1. The second-order valence-corrected chi connectivity index (χ2v) is 8.52. The van der Waals surface area contributed by atoms with Crippen LogP contribution in [-0.4, -0.2) is 39.2 Å². The maximum absolute atomic E-state index is 13.9. The first-order valence-corrected chi connectivity index (χ1v) is 11.2. The van der Waals surface area contributed by atoms with Gasteiger partial charge >= 0.3 is 0 Å². The standard InChI is InChI=1S/C26H25N7O2/c1-16(29-25(34)22-23(27)30-32-14-8-13-28-24(22)32)20-15-17-9-7-12-19(31(2)3)21(17)26(35)33(20)18-10-5-4-6-11-18/h4-16H,1-3H3,(H2,27,30)(H,29,34). The van der Waals surface area contributed by atoms with Gasteiger partial charge in [-0.2, -0.15) is 0 Å². The molecular formula is C26H25N7O2. The van der Waals surface area contributed by atoms with Crippen LogP contribution < -0.4 is 21.5 Å². The molecule has 3 N–H and O–H groups in total. The highest BCUT2D eigenvalue weighted by Gasteiger charge is 2.24. The van der Waals surface area contributed by atoms with Gasteiger partial charge in [0, 0.05) is 43.6 Å². The Labute approximate surface area is 201 Å². The fraction of sp³-hybridized carbons (Fsp3) is 0.154. The van der Waals surface area contributed by atoms with E-state index in [-0.39, 0.29) is 16.9 Å². The van der Waals surface area contributed by atoms with Crippen molar-refractivity contribution < 1.29 is 4.79 Å². The highest BCUT2D eigenvalue weighted by atomic mass is 16.2. The van der Waals surface area contributed by atoms with Crippen LogP contribution in [0.15, 0.2) is 77.9 Å². The van der Waals surface area contributed by atoms with Crippen molar-refractivity contribution in [1.82, 2.24) is 24.5 Å². The van der Waals surface area contributed by atoms with E-state index in [0.29, 0.717) is 22.4 Å². The summed E-state index contributed by atoms with van der Waals surface area (Å²) in [7, 11) is 3.82. The summed E-state index contributed by atoms with van der Waals surface area (Å²) in [5, 5.41) is 8.56. The molecular weight excluding hydrogens is 442 g/mol. The molecule has 3 heterocycles. The Morgan fingerprint density at radius 2 is 1.86 bits per heavy atom. The SMILES string of the molecule is CC(NC(=O)c1c(N)nn2cccnc12)c1cc2cccc(N(C)C)c2c(=O)n1-c1ccccc1. The Balaban J connectivity index is 1.66. The Bertz CT molecular complexity index is 1620. The van der Waals surface area contributed by atoms with Gasteiger partial charge < -0.3 is 16.0 Å². The summed E-state index contributed by atoms with van der Waals surface area (Å²) in [6.07, 6.45) is 3.26. The molecule has 0 saturated carbocycles. The minimum absolute atomic E-state index is 0.0861. The van der Waals surface area contributed by atoms with E-state index < -0.39 is 11.9 Å². The molecule has 0 spiro atoms. The molecule has 1 amide bonds. The zero-order valence-electron chi connectivity index (χ0n) is 19.6. The minimum atomic E-state index is -0.527. The van der Waals surface area contributed by atoms with E-state index in [1.807, 2.05) is 80.5 Å². The summed E-state index contributed by atoms with van der Waals surface area (Å²) in [4.78, 5) is 33.4. The number of hydrogen-bond acceptors (Lipinski definition) is 6. The Morgan fingerprint density at radius 1 is 1.09 bits per heavy atom. The summed E-state index contributed by atoms with van der Waals surface area (Å²) in [6, 6.07) is 18.3. The largest absolute Gasteiger partial charge is 0.381 e. The van der Waals surface area contributed by atoms with E-state index in [9.17, 15) is 9.59 Å². The quantitative estimate of drug-likeness (QED) is 0.411. The van der Waals surface area contributed by atoms with E-state index >= 15 is 0 Å². The number of carbonyl (C=O) groups excluding carboxylic acids is 1. The van der Waals surface area contributed by atoms with Crippen LogP contribution in [0.1, 0.15) is 29.0 Å². The van der Waals surface area contributed by atoms with Crippen LogP contribution in [0.3, 0.4) is 0 Å². The van der Waals surface area contributed by atoms with Gasteiger partial charge in [0.2, 0.25) is 0 Å². The van der Waals surface area contributed by atoms with Crippen LogP contribution in [0.4, 0.5) is 11.5 Å². The molecule has 9 nitrogen and oxygen atoms in total. The smallest absolute Gasteiger partial charge is 0.265 e. The van der Waals surface area contributed by atoms with Gasteiger partial charge in [-0.25, -0.2) is 9.50 Å². The maximum atomic E-state index is 13.9. The second kappa shape index (κ2) is 8.60. The molecule has 3 aromatic heterocycles. The van der Waals surface area contributed by atoms with Gasteiger partial charge in [-0.15, -0.1) is 5.10 Å². The Hall–Kier alpha value is -4.66. The number of nitrogens with one attached hydrogen (secondary N) is 1. The lowest BCUT2D eigenvalue weighted by Crippen LogP contribution is -2.32. The normalized spacial score (nSPS) is 12.1. The molecule has 0 radical (unpaired) electrons. The van der Waals surface area contributed by atoms with Gasteiger partial charge in [0.15, 0.2) is 11.5 Å².